The van der Waals surface area contributed by atoms with Crippen LogP contribution in [0.25, 0.3) is 0 Å². The second-order valence-electron chi connectivity index (χ2n) is 8.29. The number of nitrogens with zero attached hydrogens (tertiary/aromatic N) is 4. The van der Waals surface area contributed by atoms with Gasteiger partial charge in [-0.1, -0.05) is 24.4 Å². The summed E-state index contributed by atoms with van der Waals surface area (Å²) in [6, 6.07) is 0. The molecule has 0 atom stereocenters. The summed E-state index contributed by atoms with van der Waals surface area (Å²) >= 11 is 5.79. The van der Waals surface area contributed by atoms with Crippen molar-refractivity contribution in [3.8, 4) is 0 Å². The molecule has 1 fully saturated rings. The number of aromatic nitrogens is 4. The van der Waals surface area contributed by atoms with Crippen LogP contribution in [0.2, 0.25) is 5.15 Å². The number of nitrogen functional groups attached to an aromatic ring is 2. The Morgan fingerprint density at radius 3 is 2.66 bits per heavy atom. The predicted octanol–water partition coefficient (Wildman–Crippen LogP) is 1.45. The standard InChI is InChI=1S/C21H31ClN10O3/c22-16-18(24)31-17(23)15(30-16)19(34)32-20(25)26-8-2-1-3-12-4-6-13(7-5-12)35-11-14(33)29-21-27-9-10-28-21/h9-10,12-13H,1-8,11H2,(H4,23,24,31)(H3,25,26,32,34)(H2,27,28,29,33). The smallest absolute Gasteiger partial charge is 0.280 e. The molecule has 0 saturated heterocycles. The van der Waals surface area contributed by atoms with E-state index in [0.717, 1.165) is 44.9 Å². The van der Waals surface area contributed by atoms with E-state index in [1.807, 2.05) is 0 Å². The summed E-state index contributed by atoms with van der Waals surface area (Å²) in [4.78, 5) is 42.6. The molecule has 9 N–H and O–H groups in total. The van der Waals surface area contributed by atoms with Gasteiger partial charge in [0.05, 0.1) is 6.10 Å². The van der Waals surface area contributed by atoms with Crippen molar-refractivity contribution in [2.45, 2.75) is 51.0 Å². The van der Waals surface area contributed by atoms with Gasteiger partial charge in [-0.05, 0) is 38.0 Å². The molecule has 0 aromatic carbocycles. The Morgan fingerprint density at radius 1 is 1.17 bits per heavy atom. The fourth-order valence-electron chi connectivity index (χ4n) is 3.85. The molecule has 35 heavy (non-hydrogen) atoms. The molecule has 2 aromatic heterocycles. The van der Waals surface area contributed by atoms with Crippen LogP contribution in [0.15, 0.2) is 17.4 Å². The number of halogens is 1. The van der Waals surface area contributed by atoms with Gasteiger partial charge in [-0.25, -0.2) is 15.0 Å². The van der Waals surface area contributed by atoms with Gasteiger partial charge in [0.15, 0.2) is 28.4 Å². The summed E-state index contributed by atoms with van der Waals surface area (Å²) in [5, 5.41) is 4.95. The third kappa shape index (κ3) is 8.37. The molecular formula is C21H31ClN10O3. The van der Waals surface area contributed by atoms with Crippen molar-refractivity contribution in [2.75, 3.05) is 29.9 Å². The topological polar surface area (TPSA) is 212 Å². The highest BCUT2D eigenvalue weighted by Gasteiger charge is 2.22. The maximum absolute atomic E-state index is 12.2. The molecule has 190 valence electrons. The van der Waals surface area contributed by atoms with Crippen molar-refractivity contribution in [2.24, 2.45) is 16.6 Å². The molecule has 2 amide bonds. The second-order valence-corrected chi connectivity index (χ2v) is 8.65. The first-order valence-electron chi connectivity index (χ1n) is 11.4. The van der Waals surface area contributed by atoms with Gasteiger partial charge in [0, 0.05) is 18.9 Å². The molecule has 0 spiro atoms. The first-order chi connectivity index (χ1) is 16.8. The van der Waals surface area contributed by atoms with E-state index in [-0.39, 0.29) is 47.1 Å². The highest BCUT2D eigenvalue weighted by Crippen LogP contribution is 2.29. The lowest BCUT2D eigenvalue weighted by molar-refractivity contribution is -0.123. The Hall–Kier alpha value is -3.45. The van der Waals surface area contributed by atoms with Gasteiger partial charge in [-0.2, -0.15) is 0 Å². The summed E-state index contributed by atoms with van der Waals surface area (Å²) in [7, 11) is 0. The summed E-state index contributed by atoms with van der Waals surface area (Å²) < 4.78 is 5.74. The zero-order valence-electron chi connectivity index (χ0n) is 19.3. The zero-order chi connectivity index (χ0) is 25.2. The zero-order valence-corrected chi connectivity index (χ0v) is 20.1. The molecule has 0 bridgehead atoms. The fraction of sp³-hybridized carbons (Fsp3) is 0.524. The molecule has 1 aliphatic rings. The molecule has 2 aromatic rings. The van der Waals surface area contributed by atoms with Gasteiger partial charge in [0.2, 0.25) is 5.95 Å². The van der Waals surface area contributed by atoms with E-state index in [2.05, 4.69) is 35.6 Å². The molecular weight excluding hydrogens is 476 g/mol. The van der Waals surface area contributed by atoms with Gasteiger partial charge in [0.25, 0.3) is 11.8 Å². The van der Waals surface area contributed by atoms with Gasteiger partial charge in [0.1, 0.15) is 6.61 Å². The van der Waals surface area contributed by atoms with Crippen LogP contribution in [0.3, 0.4) is 0 Å². The lowest BCUT2D eigenvalue weighted by Crippen LogP contribution is -2.38. The van der Waals surface area contributed by atoms with E-state index >= 15 is 0 Å². The van der Waals surface area contributed by atoms with Crippen molar-refractivity contribution in [3.63, 3.8) is 0 Å². The summed E-state index contributed by atoms with van der Waals surface area (Å²) in [5.74, 6) is -0.0577. The number of ether oxygens (including phenoxy) is 1. The Kier molecular flexibility index (Phi) is 9.61. The van der Waals surface area contributed by atoms with Crippen LogP contribution >= 0.6 is 11.6 Å². The number of unbranched alkanes of at least 4 members (excludes halogenated alkanes) is 1. The Bertz CT molecular complexity index is 1020. The van der Waals surface area contributed by atoms with Crippen LogP contribution in [0.1, 0.15) is 55.4 Å². The summed E-state index contributed by atoms with van der Waals surface area (Å²) in [6.45, 7) is 0.509. The maximum atomic E-state index is 12.2. The molecule has 13 nitrogen and oxygen atoms in total. The molecule has 0 aliphatic heterocycles. The van der Waals surface area contributed by atoms with E-state index in [4.69, 9.17) is 33.5 Å². The number of rotatable bonds is 10. The SMILES string of the molecule is NC(=NCCCCC1CCC(OCC(=O)Nc2ncc[nH]2)CC1)NC(=O)c1nc(Cl)c(N)nc1N. The number of guanidine groups is 1. The van der Waals surface area contributed by atoms with Gasteiger partial charge < -0.3 is 26.9 Å². The molecule has 0 radical (unpaired) electrons. The third-order valence-corrected chi connectivity index (χ3v) is 5.94. The van der Waals surface area contributed by atoms with E-state index in [1.54, 1.807) is 12.4 Å². The van der Waals surface area contributed by atoms with Gasteiger partial charge in [-0.15, -0.1) is 0 Å². The number of H-pyrrole nitrogens is 1. The number of aromatic amines is 1. The number of aliphatic imine (C=N–C) groups is 1. The number of nitrogens with one attached hydrogen (secondary N) is 3. The highest BCUT2D eigenvalue weighted by atomic mass is 35.5. The number of carbonyl (C=O) groups is 2. The van der Waals surface area contributed by atoms with Crippen LogP contribution in [-0.2, 0) is 9.53 Å². The molecule has 3 rings (SSSR count). The number of nitrogens with two attached hydrogens (primary N) is 3. The summed E-state index contributed by atoms with van der Waals surface area (Å²) in [5.41, 5.74) is 16.8. The van der Waals surface area contributed by atoms with Gasteiger partial charge >= 0.3 is 0 Å². The van der Waals surface area contributed by atoms with E-state index in [1.165, 1.54) is 0 Å². The first kappa shape index (κ1) is 26.2. The third-order valence-electron chi connectivity index (χ3n) is 5.66. The van der Waals surface area contributed by atoms with Gasteiger partial charge in [-0.3, -0.25) is 25.2 Å². The largest absolute Gasteiger partial charge is 0.382 e. The average molecular weight is 507 g/mol. The molecule has 14 heteroatoms. The second kappa shape index (κ2) is 12.9. The van der Waals surface area contributed by atoms with Crippen molar-refractivity contribution >= 4 is 47.0 Å². The number of amides is 2. The van der Waals surface area contributed by atoms with Crippen LogP contribution in [0.5, 0.6) is 0 Å². The van der Waals surface area contributed by atoms with E-state index in [0.29, 0.717) is 18.4 Å². The lowest BCUT2D eigenvalue weighted by atomic mass is 9.84. The minimum Gasteiger partial charge on any atom is -0.382 e. The lowest BCUT2D eigenvalue weighted by Gasteiger charge is -2.28. The fourth-order valence-corrected chi connectivity index (χ4v) is 3.98. The number of imidazole rings is 1. The van der Waals surface area contributed by atoms with Crippen molar-refractivity contribution < 1.29 is 14.3 Å². The number of hydrogen-bond donors (Lipinski definition) is 6. The maximum Gasteiger partial charge on any atom is 0.280 e. The Morgan fingerprint density at radius 2 is 1.94 bits per heavy atom. The Labute approximate surface area is 207 Å². The average Bonchev–Trinajstić information content (AvgIpc) is 3.33. The minimum atomic E-state index is -0.657. The number of hydrogen-bond acceptors (Lipinski definition) is 9. The first-order valence-corrected chi connectivity index (χ1v) is 11.8. The van der Waals surface area contributed by atoms with Crippen molar-refractivity contribution in [1.29, 1.82) is 0 Å². The van der Waals surface area contributed by atoms with E-state index < -0.39 is 5.91 Å². The molecule has 1 aliphatic carbocycles. The van der Waals surface area contributed by atoms with Crippen LogP contribution < -0.4 is 27.8 Å². The van der Waals surface area contributed by atoms with Crippen LogP contribution in [0.4, 0.5) is 17.6 Å². The monoisotopic (exact) mass is 506 g/mol. The predicted molar refractivity (Wildman–Crippen MR) is 133 cm³/mol. The van der Waals surface area contributed by atoms with Crippen LogP contribution in [0, 0.1) is 5.92 Å². The molecule has 2 heterocycles. The highest BCUT2D eigenvalue weighted by molar-refractivity contribution is 6.31. The molecule has 0 unspecified atom stereocenters. The number of anilines is 3. The summed E-state index contributed by atoms with van der Waals surface area (Å²) in [6.07, 6.45) is 10.3. The minimum absolute atomic E-state index is 0.0243. The Balaban J connectivity index is 1.27. The van der Waals surface area contributed by atoms with Crippen molar-refractivity contribution in [1.82, 2.24) is 25.3 Å². The quantitative estimate of drug-likeness (QED) is 0.156. The van der Waals surface area contributed by atoms with Crippen molar-refractivity contribution in [3.05, 3.63) is 23.2 Å². The molecule has 1 saturated carbocycles. The normalized spacial score (nSPS) is 18.3. The number of carbonyl (C=O) groups excluding carboxylic acids is 2. The van der Waals surface area contributed by atoms with Crippen LogP contribution in [-0.4, -0.2) is 57.0 Å². The van der Waals surface area contributed by atoms with E-state index in [9.17, 15) is 9.59 Å².